The molecule has 0 atom stereocenters. The Kier molecular flexibility index (Phi) is 10.4. The SMILES string of the molecule is C/C=C1/C=C(C(C)(F)F)N(C)C(=O)N1C(/N=C/Oc1cccnc1OCC(O)=CCC)=C(F)/C=C(\C)Cl. The van der Waals surface area contributed by atoms with Gasteiger partial charge in [0.05, 0.1) is 11.4 Å². The molecule has 0 saturated carbocycles. The van der Waals surface area contributed by atoms with E-state index in [0.29, 0.717) is 18.2 Å². The maximum absolute atomic E-state index is 15.2. The molecule has 2 rings (SSSR count). The molecule has 8 nitrogen and oxygen atoms in total. The summed E-state index contributed by atoms with van der Waals surface area (Å²) in [5, 5.41) is 9.82. The fraction of sp³-hybridized carbons (Fsp3) is 0.320. The molecule has 0 spiro atoms. The van der Waals surface area contributed by atoms with Crippen molar-refractivity contribution >= 4 is 24.0 Å². The third kappa shape index (κ3) is 7.88. The van der Waals surface area contributed by atoms with Gasteiger partial charge in [0, 0.05) is 25.2 Å². The molecule has 0 unspecified atom stereocenters. The first-order chi connectivity index (χ1) is 17.4. The van der Waals surface area contributed by atoms with E-state index in [1.165, 1.54) is 32.2 Å². The molecule has 1 aromatic rings. The Bertz CT molecular complexity index is 1180. The molecule has 1 aliphatic rings. The van der Waals surface area contributed by atoms with Crippen LogP contribution < -0.4 is 9.47 Å². The van der Waals surface area contributed by atoms with Gasteiger partial charge in [-0.2, -0.15) is 4.99 Å². The number of aliphatic hydroxyl groups excluding tert-OH is 1. The van der Waals surface area contributed by atoms with Gasteiger partial charge in [-0.05, 0) is 50.6 Å². The van der Waals surface area contributed by atoms with Crippen LogP contribution in [0.5, 0.6) is 11.6 Å². The number of aliphatic hydroxyl groups is 1. The van der Waals surface area contributed by atoms with Gasteiger partial charge in [0.25, 0.3) is 11.8 Å². The number of allylic oxidation sites excluding steroid dienone is 7. The number of amides is 2. The number of rotatable bonds is 10. The van der Waals surface area contributed by atoms with Crippen LogP contribution in [-0.4, -0.2) is 51.9 Å². The average molecular weight is 541 g/mol. The molecule has 0 fully saturated rings. The maximum atomic E-state index is 15.2. The van der Waals surface area contributed by atoms with E-state index in [1.807, 2.05) is 6.92 Å². The van der Waals surface area contributed by atoms with Crippen LogP contribution >= 0.6 is 11.6 Å². The minimum Gasteiger partial charge on any atom is -0.509 e. The van der Waals surface area contributed by atoms with Gasteiger partial charge in [-0.25, -0.2) is 27.8 Å². The quantitative estimate of drug-likeness (QED) is 0.152. The Labute approximate surface area is 218 Å². The van der Waals surface area contributed by atoms with Crippen molar-refractivity contribution in [1.82, 2.24) is 14.8 Å². The monoisotopic (exact) mass is 540 g/mol. The van der Waals surface area contributed by atoms with Crippen LogP contribution in [0.2, 0.25) is 0 Å². The number of carbonyl (C=O) groups excluding carboxylic acids is 1. The lowest BCUT2D eigenvalue weighted by Crippen LogP contribution is -2.46. The highest BCUT2D eigenvalue weighted by Crippen LogP contribution is 2.35. The summed E-state index contributed by atoms with van der Waals surface area (Å²) in [5.41, 5.74) is -0.602. The fourth-order valence-electron chi connectivity index (χ4n) is 3.12. The Morgan fingerprint density at radius 1 is 1.38 bits per heavy atom. The van der Waals surface area contributed by atoms with E-state index >= 15 is 4.39 Å². The van der Waals surface area contributed by atoms with E-state index in [0.717, 1.165) is 30.5 Å². The largest absolute Gasteiger partial charge is 0.509 e. The number of ether oxygens (including phenoxy) is 2. The van der Waals surface area contributed by atoms with E-state index in [2.05, 4.69) is 9.98 Å². The summed E-state index contributed by atoms with van der Waals surface area (Å²) in [4.78, 5) is 22.6. The fourth-order valence-corrected chi connectivity index (χ4v) is 3.22. The summed E-state index contributed by atoms with van der Waals surface area (Å²) in [6, 6.07) is 2.07. The standard InChI is InChI=1S/C25H28ClF3N4O4/c1-6-9-18(34)14-36-23-20(10-8-11-30-23)37-15-31-22(19(27)12-16(3)26)33-17(7-2)13-21(25(4,28)29)32(5)24(33)35/h7-13,15,34H,6,14H2,1-5H3/b16-12+,17-7-,18-9?,22-19-,31-15+. The van der Waals surface area contributed by atoms with Gasteiger partial charge in [0.15, 0.2) is 23.8 Å². The first-order valence-corrected chi connectivity index (χ1v) is 11.5. The number of aromatic nitrogens is 1. The predicted molar refractivity (Wildman–Crippen MR) is 135 cm³/mol. The molecule has 1 aromatic heterocycles. The van der Waals surface area contributed by atoms with Gasteiger partial charge in [-0.15, -0.1) is 0 Å². The van der Waals surface area contributed by atoms with Crippen LogP contribution in [-0.2, 0) is 0 Å². The van der Waals surface area contributed by atoms with Crippen LogP contribution in [0.3, 0.4) is 0 Å². The Balaban J connectivity index is 2.46. The molecule has 37 heavy (non-hydrogen) atoms. The molecule has 200 valence electrons. The molecule has 1 N–H and O–H groups in total. The van der Waals surface area contributed by atoms with Crippen molar-refractivity contribution in [3.8, 4) is 11.6 Å². The molecular formula is C25H28ClF3N4O4. The number of halogens is 4. The van der Waals surface area contributed by atoms with Gasteiger partial charge in [0.2, 0.25) is 0 Å². The molecule has 2 amide bonds. The first-order valence-electron chi connectivity index (χ1n) is 11.1. The third-order valence-electron chi connectivity index (χ3n) is 4.77. The van der Waals surface area contributed by atoms with Crippen molar-refractivity contribution in [3.05, 3.63) is 76.5 Å². The Morgan fingerprint density at radius 2 is 2.08 bits per heavy atom. The lowest BCUT2D eigenvalue weighted by molar-refractivity contribution is 0.0355. The molecule has 0 saturated heterocycles. The number of carbonyl (C=O) groups is 1. The number of nitrogens with zero attached hydrogens (tertiary/aromatic N) is 4. The summed E-state index contributed by atoms with van der Waals surface area (Å²) in [6.45, 7) is 5.26. The average Bonchev–Trinajstić information content (AvgIpc) is 2.82. The van der Waals surface area contributed by atoms with Crippen LogP contribution in [0, 0.1) is 0 Å². The zero-order valence-corrected chi connectivity index (χ0v) is 21.8. The molecule has 0 aromatic carbocycles. The van der Waals surface area contributed by atoms with Gasteiger partial charge >= 0.3 is 6.03 Å². The number of aliphatic imine (C=N–C) groups is 1. The lowest BCUT2D eigenvalue weighted by atomic mass is 10.1. The van der Waals surface area contributed by atoms with Crippen molar-refractivity contribution < 1.29 is 32.5 Å². The van der Waals surface area contributed by atoms with E-state index in [1.54, 1.807) is 12.1 Å². The van der Waals surface area contributed by atoms with E-state index in [9.17, 15) is 18.7 Å². The summed E-state index contributed by atoms with van der Waals surface area (Å²) in [5.74, 6) is -4.81. The van der Waals surface area contributed by atoms with Gasteiger partial charge in [0.1, 0.15) is 12.4 Å². The summed E-state index contributed by atoms with van der Waals surface area (Å²) in [7, 11) is 1.14. The van der Waals surface area contributed by atoms with Crippen molar-refractivity contribution in [2.45, 2.75) is 40.0 Å². The topological polar surface area (TPSA) is 87.5 Å². The summed E-state index contributed by atoms with van der Waals surface area (Å²) in [6.07, 6.45) is 7.79. The summed E-state index contributed by atoms with van der Waals surface area (Å²) >= 11 is 5.82. The van der Waals surface area contributed by atoms with E-state index < -0.39 is 29.3 Å². The molecule has 12 heteroatoms. The highest BCUT2D eigenvalue weighted by atomic mass is 35.5. The smallest absolute Gasteiger partial charge is 0.334 e. The van der Waals surface area contributed by atoms with Crippen molar-refractivity contribution in [1.29, 1.82) is 0 Å². The predicted octanol–water partition coefficient (Wildman–Crippen LogP) is 6.81. The van der Waals surface area contributed by atoms with Gasteiger partial charge < -0.3 is 14.6 Å². The molecule has 1 aliphatic heterocycles. The van der Waals surface area contributed by atoms with E-state index in [4.69, 9.17) is 21.1 Å². The van der Waals surface area contributed by atoms with Crippen molar-refractivity contribution in [2.75, 3.05) is 13.7 Å². The van der Waals surface area contributed by atoms with Gasteiger partial charge in [-0.3, -0.25) is 4.90 Å². The van der Waals surface area contributed by atoms with Crippen molar-refractivity contribution in [2.24, 2.45) is 4.99 Å². The van der Waals surface area contributed by atoms with E-state index in [-0.39, 0.29) is 34.7 Å². The minimum absolute atomic E-state index is 0.0000129. The minimum atomic E-state index is -3.33. The van der Waals surface area contributed by atoms with Crippen LogP contribution in [0.4, 0.5) is 18.0 Å². The molecular weight excluding hydrogens is 513 g/mol. The van der Waals surface area contributed by atoms with Crippen LogP contribution in [0.1, 0.15) is 34.1 Å². The number of pyridine rings is 1. The van der Waals surface area contributed by atoms with Crippen LogP contribution in [0.25, 0.3) is 0 Å². The molecule has 0 radical (unpaired) electrons. The second-order valence-corrected chi connectivity index (χ2v) is 8.36. The number of hydrogen-bond acceptors (Lipinski definition) is 6. The second-order valence-electron chi connectivity index (χ2n) is 7.76. The van der Waals surface area contributed by atoms with Crippen LogP contribution in [0.15, 0.2) is 81.5 Å². The number of hydrogen-bond donors (Lipinski definition) is 1. The molecule has 0 bridgehead atoms. The zero-order valence-electron chi connectivity index (χ0n) is 21.0. The zero-order chi connectivity index (χ0) is 27.8. The normalized spacial score (nSPS) is 17.4. The second kappa shape index (κ2) is 13.0. The Morgan fingerprint density at radius 3 is 2.68 bits per heavy atom. The number of urea groups is 1. The van der Waals surface area contributed by atoms with Gasteiger partial charge in [-0.1, -0.05) is 24.6 Å². The Hall–Kier alpha value is -3.73. The first kappa shape index (κ1) is 29.5. The van der Waals surface area contributed by atoms with Crippen molar-refractivity contribution in [3.63, 3.8) is 0 Å². The third-order valence-corrected chi connectivity index (χ3v) is 4.88. The molecule has 0 aliphatic carbocycles. The highest BCUT2D eigenvalue weighted by Gasteiger charge is 2.40. The number of alkyl halides is 2. The molecule has 2 heterocycles. The maximum Gasteiger partial charge on any atom is 0.334 e. The highest BCUT2D eigenvalue weighted by molar-refractivity contribution is 6.29. The summed E-state index contributed by atoms with van der Waals surface area (Å²) < 4.78 is 54.3. The lowest BCUT2D eigenvalue weighted by Gasteiger charge is -2.36.